The molecule has 0 atom stereocenters. The summed E-state index contributed by atoms with van der Waals surface area (Å²) in [5, 5.41) is 15.2. The fourth-order valence-electron chi connectivity index (χ4n) is 1.42. The van der Waals surface area contributed by atoms with Crippen molar-refractivity contribution in [2.75, 3.05) is 18.4 Å². The van der Waals surface area contributed by atoms with Gasteiger partial charge in [-0.2, -0.15) is 5.26 Å². The van der Waals surface area contributed by atoms with E-state index >= 15 is 0 Å². The second kappa shape index (κ2) is 5.47. The van der Waals surface area contributed by atoms with Gasteiger partial charge in [0.05, 0.1) is 5.56 Å². The van der Waals surface area contributed by atoms with Gasteiger partial charge in [0.15, 0.2) is 0 Å². The van der Waals surface area contributed by atoms with Gasteiger partial charge in [-0.3, -0.25) is 0 Å². The third-order valence-electron chi connectivity index (χ3n) is 2.26. The molecule has 0 aliphatic heterocycles. The average Bonchev–Trinajstić information content (AvgIpc) is 2.27. The van der Waals surface area contributed by atoms with Crippen molar-refractivity contribution in [3.05, 3.63) is 23.9 Å². The highest BCUT2D eigenvalue weighted by Gasteiger charge is 2.15. The Morgan fingerprint density at radius 2 is 2.19 bits per heavy atom. The number of nitrogens with zero attached hydrogens (tertiary/aromatic N) is 2. The monoisotopic (exact) mass is 218 g/mol. The molecule has 0 saturated heterocycles. The molecule has 1 aromatic heterocycles. The quantitative estimate of drug-likeness (QED) is 0.790. The lowest BCUT2D eigenvalue weighted by Crippen LogP contribution is -2.45. The van der Waals surface area contributed by atoms with Gasteiger partial charge < -0.3 is 10.6 Å². The van der Waals surface area contributed by atoms with Crippen molar-refractivity contribution in [1.82, 2.24) is 10.3 Å². The number of aromatic nitrogens is 1. The predicted molar refractivity (Wildman–Crippen MR) is 65.2 cm³/mol. The molecular weight excluding hydrogens is 200 g/mol. The van der Waals surface area contributed by atoms with Gasteiger partial charge >= 0.3 is 0 Å². The molecule has 0 unspecified atom stereocenters. The highest BCUT2D eigenvalue weighted by molar-refractivity contribution is 5.39. The first-order valence-electron chi connectivity index (χ1n) is 5.42. The van der Waals surface area contributed by atoms with Gasteiger partial charge in [-0.15, -0.1) is 0 Å². The van der Waals surface area contributed by atoms with Crippen LogP contribution in [0.15, 0.2) is 18.3 Å². The van der Waals surface area contributed by atoms with Crippen LogP contribution in [0, 0.1) is 11.3 Å². The van der Waals surface area contributed by atoms with E-state index in [1.165, 1.54) is 0 Å². The van der Waals surface area contributed by atoms with Crippen LogP contribution in [0.25, 0.3) is 0 Å². The molecular formula is C12H18N4. The van der Waals surface area contributed by atoms with Crippen LogP contribution in [-0.2, 0) is 0 Å². The van der Waals surface area contributed by atoms with Crippen LogP contribution >= 0.6 is 0 Å². The normalized spacial score (nSPS) is 10.9. The first-order chi connectivity index (χ1) is 7.57. The van der Waals surface area contributed by atoms with Gasteiger partial charge in [-0.25, -0.2) is 4.98 Å². The Balaban J connectivity index is 2.52. The van der Waals surface area contributed by atoms with Crippen LogP contribution in [0.1, 0.15) is 26.3 Å². The summed E-state index contributed by atoms with van der Waals surface area (Å²) >= 11 is 0. The Morgan fingerprint density at radius 3 is 2.69 bits per heavy atom. The number of nitrogens with one attached hydrogen (secondary N) is 2. The number of pyridine rings is 1. The molecule has 2 N–H and O–H groups in total. The van der Waals surface area contributed by atoms with E-state index in [4.69, 9.17) is 5.26 Å². The van der Waals surface area contributed by atoms with Crippen molar-refractivity contribution in [2.24, 2.45) is 0 Å². The first kappa shape index (κ1) is 12.5. The van der Waals surface area contributed by atoms with Crippen LogP contribution in [0.3, 0.4) is 0 Å². The molecule has 0 aromatic carbocycles. The van der Waals surface area contributed by atoms with E-state index in [1.807, 2.05) is 12.1 Å². The van der Waals surface area contributed by atoms with E-state index in [2.05, 4.69) is 36.4 Å². The molecule has 0 radical (unpaired) electrons. The molecule has 1 rings (SSSR count). The largest absolute Gasteiger partial charge is 0.368 e. The summed E-state index contributed by atoms with van der Waals surface area (Å²) in [5.41, 5.74) is 0.612. The zero-order chi connectivity index (χ0) is 12.0. The van der Waals surface area contributed by atoms with Crippen molar-refractivity contribution in [2.45, 2.75) is 26.3 Å². The second-order valence-electron chi connectivity index (χ2n) is 4.31. The van der Waals surface area contributed by atoms with Gasteiger partial charge in [-0.1, -0.05) is 6.92 Å². The summed E-state index contributed by atoms with van der Waals surface area (Å²) < 4.78 is 0. The lowest BCUT2D eigenvalue weighted by atomic mass is 10.1. The molecule has 0 amide bonds. The number of anilines is 1. The van der Waals surface area contributed by atoms with Crippen molar-refractivity contribution in [3.8, 4) is 6.07 Å². The maximum atomic E-state index is 8.64. The fraction of sp³-hybridized carbons (Fsp3) is 0.500. The van der Waals surface area contributed by atoms with Gasteiger partial charge in [0.2, 0.25) is 0 Å². The van der Waals surface area contributed by atoms with Crippen LogP contribution < -0.4 is 10.6 Å². The minimum absolute atomic E-state index is 0.0321. The van der Waals surface area contributed by atoms with Crippen molar-refractivity contribution in [1.29, 1.82) is 5.26 Å². The SMILES string of the molecule is CCNC(C)(C)CNc1ccc(C#N)cn1. The molecule has 0 bridgehead atoms. The smallest absolute Gasteiger partial charge is 0.126 e. The minimum Gasteiger partial charge on any atom is -0.368 e. The second-order valence-corrected chi connectivity index (χ2v) is 4.31. The summed E-state index contributed by atoms with van der Waals surface area (Å²) in [7, 11) is 0. The summed E-state index contributed by atoms with van der Waals surface area (Å²) in [5.74, 6) is 0.796. The Kier molecular flexibility index (Phi) is 4.27. The van der Waals surface area contributed by atoms with E-state index in [0.717, 1.165) is 18.9 Å². The molecule has 86 valence electrons. The number of hydrogen-bond donors (Lipinski definition) is 2. The van der Waals surface area contributed by atoms with Crippen molar-refractivity contribution >= 4 is 5.82 Å². The number of nitriles is 1. The molecule has 0 aliphatic carbocycles. The van der Waals surface area contributed by atoms with Crippen LogP contribution in [-0.4, -0.2) is 23.6 Å². The minimum atomic E-state index is 0.0321. The molecule has 16 heavy (non-hydrogen) atoms. The molecule has 4 nitrogen and oxygen atoms in total. The number of likely N-dealkylation sites (N-methyl/N-ethyl adjacent to an activating group) is 1. The van der Waals surface area contributed by atoms with E-state index in [9.17, 15) is 0 Å². The van der Waals surface area contributed by atoms with Crippen LogP contribution in [0.5, 0.6) is 0 Å². The molecule has 1 heterocycles. The summed E-state index contributed by atoms with van der Waals surface area (Å²) in [6.45, 7) is 8.08. The molecule has 0 spiro atoms. The predicted octanol–water partition coefficient (Wildman–Crippen LogP) is 1.75. The van der Waals surface area contributed by atoms with E-state index in [1.54, 1.807) is 12.3 Å². The maximum Gasteiger partial charge on any atom is 0.126 e. The molecule has 1 aromatic rings. The van der Waals surface area contributed by atoms with Crippen molar-refractivity contribution < 1.29 is 0 Å². The summed E-state index contributed by atoms with van der Waals surface area (Å²) in [6.07, 6.45) is 1.57. The summed E-state index contributed by atoms with van der Waals surface area (Å²) in [4.78, 5) is 4.15. The maximum absolute atomic E-state index is 8.64. The third kappa shape index (κ3) is 3.87. The van der Waals surface area contributed by atoms with Gasteiger partial charge in [0, 0.05) is 18.3 Å². The van der Waals surface area contributed by atoms with Crippen LogP contribution in [0.2, 0.25) is 0 Å². The fourth-order valence-corrected chi connectivity index (χ4v) is 1.42. The Bertz CT molecular complexity index is 362. The Hall–Kier alpha value is -1.60. The van der Waals surface area contributed by atoms with Crippen molar-refractivity contribution in [3.63, 3.8) is 0 Å². The zero-order valence-corrected chi connectivity index (χ0v) is 10.0. The van der Waals surface area contributed by atoms with E-state index < -0.39 is 0 Å². The Morgan fingerprint density at radius 1 is 1.44 bits per heavy atom. The number of rotatable bonds is 5. The third-order valence-corrected chi connectivity index (χ3v) is 2.26. The highest BCUT2D eigenvalue weighted by Crippen LogP contribution is 2.07. The van der Waals surface area contributed by atoms with Gasteiger partial charge in [-0.05, 0) is 32.5 Å². The number of hydrogen-bond acceptors (Lipinski definition) is 4. The van der Waals surface area contributed by atoms with E-state index in [-0.39, 0.29) is 5.54 Å². The Labute approximate surface area is 96.7 Å². The lowest BCUT2D eigenvalue weighted by Gasteiger charge is -2.26. The zero-order valence-electron chi connectivity index (χ0n) is 10.0. The van der Waals surface area contributed by atoms with E-state index in [0.29, 0.717) is 5.56 Å². The molecule has 0 aliphatic rings. The molecule has 0 saturated carbocycles. The topological polar surface area (TPSA) is 60.7 Å². The van der Waals surface area contributed by atoms with Gasteiger partial charge in [0.1, 0.15) is 11.9 Å². The first-order valence-corrected chi connectivity index (χ1v) is 5.42. The van der Waals surface area contributed by atoms with Gasteiger partial charge in [0.25, 0.3) is 0 Å². The lowest BCUT2D eigenvalue weighted by molar-refractivity contribution is 0.420. The molecule has 4 heteroatoms. The highest BCUT2D eigenvalue weighted by atomic mass is 15.1. The standard InChI is InChI=1S/C12H18N4/c1-4-16-12(2,3)9-15-11-6-5-10(7-13)8-14-11/h5-6,8,16H,4,9H2,1-3H3,(H,14,15). The average molecular weight is 218 g/mol. The van der Waals surface area contributed by atoms with Crippen LogP contribution in [0.4, 0.5) is 5.82 Å². The molecule has 0 fully saturated rings. The summed E-state index contributed by atoms with van der Waals surface area (Å²) in [6, 6.07) is 5.62.